The number of carbonyl (C=O) groups is 2. The summed E-state index contributed by atoms with van der Waals surface area (Å²) < 4.78 is 20.8. The van der Waals surface area contributed by atoms with Gasteiger partial charge in [-0.25, -0.2) is 9.37 Å². The van der Waals surface area contributed by atoms with Crippen molar-refractivity contribution >= 4 is 29.1 Å². The summed E-state index contributed by atoms with van der Waals surface area (Å²) in [5.41, 5.74) is 0.626. The van der Waals surface area contributed by atoms with Crippen LogP contribution in [0.15, 0.2) is 48.8 Å². The first-order valence-electron chi connectivity index (χ1n) is 11.4. The molecule has 0 radical (unpaired) electrons. The van der Waals surface area contributed by atoms with E-state index in [1.807, 2.05) is 24.4 Å². The molecule has 9 heteroatoms. The Hall–Kier alpha value is -3.13. The van der Waals surface area contributed by atoms with Gasteiger partial charge in [-0.3, -0.25) is 14.0 Å². The first kappa shape index (κ1) is 22.7. The van der Waals surface area contributed by atoms with Crippen LogP contribution in [0.3, 0.4) is 0 Å². The van der Waals surface area contributed by atoms with Crippen LogP contribution >= 0.6 is 11.6 Å². The summed E-state index contributed by atoms with van der Waals surface area (Å²) in [5.74, 6) is -0.536. The molecule has 2 bridgehead atoms. The topological polar surface area (TPSA) is 84.7 Å². The Kier molecular flexibility index (Phi) is 5.72. The van der Waals surface area contributed by atoms with Gasteiger partial charge in [-0.2, -0.15) is 0 Å². The molecule has 1 unspecified atom stereocenters. The van der Waals surface area contributed by atoms with Crippen molar-refractivity contribution in [1.29, 1.82) is 0 Å². The maximum absolute atomic E-state index is 13.6. The summed E-state index contributed by atoms with van der Waals surface area (Å²) in [7, 11) is 0. The molecule has 2 heterocycles. The van der Waals surface area contributed by atoms with Gasteiger partial charge in [0, 0.05) is 23.3 Å². The molecule has 1 atom stereocenters. The van der Waals surface area contributed by atoms with Crippen molar-refractivity contribution in [3.8, 4) is 5.75 Å². The van der Waals surface area contributed by atoms with Crippen LogP contribution in [0.4, 0.5) is 4.39 Å². The highest BCUT2D eigenvalue weighted by Gasteiger charge is 2.54. The number of nitrogens with one attached hydrogen (secondary N) is 2. The first-order chi connectivity index (χ1) is 16.3. The zero-order chi connectivity index (χ0) is 23.9. The van der Waals surface area contributed by atoms with Gasteiger partial charge in [0.05, 0.1) is 11.2 Å². The number of fused-ring (bicyclic) bond motifs is 4. The van der Waals surface area contributed by atoms with E-state index in [1.54, 1.807) is 10.6 Å². The van der Waals surface area contributed by atoms with Gasteiger partial charge in [0.1, 0.15) is 22.9 Å². The monoisotopic (exact) mass is 484 g/mol. The second-order valence-electron chi connectivity index (χ2n) is 9.48. The number of aromatic nitrogens is 2. The summed E-state index contributed by atoms with van der Waals surface area (Å²) in [6, 6.07) is 9.72. The third-order valence-electron chi connectivity index (χ3n) is 7.42. The van der Waals surface area contributed by atoms with Crippen molar-refractivity contribution in [3.05, 3.63) is 65.3 Å². The van der Waals surface area contributed by atoms with Crippen molar-refractivity contribution in [2.45, 2.75) is 50.1 Å². The summed E-state index contributed by atoms with van der Waals surface area (Å²) >= 11 is 5.69. The third-order valence-corrected chi connectivity index (χ3v) is 7.72. The van der Waals surface area contributed by atoms with Crippen LogP contribution in [0.5, 0.6) is 5.75 Å². The molecule has 3 fully saturated rings. The van der Waals surface area contributed by atoms with E-state index in [0.29, 0.717) is 5.69 Å². The molecule has 0 saturated heterocycles. The number of nitrogens with zero attached hydrogens (tertiary/aromatic N) is 2. The Labute approximate surface area is 201 Å². The quantitative estimate of drug-likeness (QED) is 0.550. The lowest BCUT2D eigenvalue weighted by Gasteiger charge is -2.57. The van der Waals surface area contributed by atoms with Gasteiger partial charge in [-0.15, -0.1) is 0 Å². The van der Waals surface area contributed by atoms with Crippen LogP contribution in [-0.2, 0) is 4.79 Å². The number of carbonyl (C=O) groups excluding carboxylic acids is 2. The third kappa shape index (κ3) is 4.11. The van der Waals surface area contributed by atoms with Gasteiger partial charge in [-0.1, -0.05) is 24.6 Å². The van der Waals surface area contributed by atoms with Gasteiger partial charge in [0.25, 0.3) is 11.8 Å². The summed E-state index contributed by atoms with van der Waals surface area (Å²) in [6.45, 7) is 1.91. The molecule has 1 aromatic carbocycles. The minimum atomic E-state index is -0.589. The van der Waals surface area contributed by atoms with Crippen molar-refractivity contribution in [1.82, 2.24) is 20.0 Å². The number of pyridine rings is 1. The number of halogens is 2. The van der Waals surface area contributed by atoms with E-state index in [9.17, 15) is 14.0 Å². The number of amides is 2. The summed E-state index contributed by atoms with van der Waals surface area (Å²) in [4.78, 5) is 30.1. The van der Waals surface area contributed by atoms with Gasteiger partial charge in [0.2, 0.25) is 0 Å². The average Bonchev–Trinajstić information content (AvgIpc) is 3.25. The molecule has 2 amide bonds. The largest absolute Gasteiger partial charge is 0.484 e. The highest BCUT2D eigenvalue weighted by atomic mass is 35.5. The lowest BCUT2D eigenvalue weighted by atomic mass is 9.56. The van der Waals surface area contributed by atoms with Crippen LogP contribution < -0.4 is 15.4 Å². The van der Waals surface area contributed by atoms with Gasteiger partial charge in [0.15, 0.2) is 6.61 Å². The molecular weight excluding hydrogens is 459 g/mol. The fourth-order valence-electron chi connectivity index (χ4n) is 5.51. The molecule has 3 saturated carbocycles. The van der Waals surface area contributed by atoms with E-state index in [1.165, 1.54) is 18.2 Å². The van der Waals surface area contributed by atoms with Crippen molar-refractivity contribution < 1.29 is 18.7 Å². The van der Waals surface area contributed by atoms with E-state index in [-0.39, 0.29) is 46.2 Å². The fourth-order valence-corrected chi connectivity index (χ4v) is 5.63. The second-order valence-corrected chi connectivity index (χ2v) is 9.89. The van der Waals surface area contributed by atoms with Crippen LogP contribution in [0, 0.1) is 11.7 Å². The minimum Gasteiger partial charge on any atom is -0.484 e. The predicted octanol–water partition coefficient (Wildman–Crippen LogP) is 4.14. The summed E-state index contributed by atoms with van der Waals surface area (Å²) in [5, 5.41) is 6.47. The summed E-state index contributed by atoms with van der Waals surface area (Å²) in [6.07, 6.45) is 7.31. The number of ether oxygens (including phenoxy) is 1. The lowest BCUT2D eigenvalue weighted by molar-refractivity contribution is -0.128. The molecule has 2 N–H and O–H groups in total. The maximum Gasteiger partial charge on any atom is 0.270 e. The van der Waals surface area contributed by atoms with Crippen molar-refractivity contribution in [2.24, 2.45) is 5.92 Å². The second kappa shape index (κ2) is 8.58. The molecule has 178 valence electrons. The van der Waals surface area contributed by atoms with Crippen LogP contribution in [0.25, 0.3) is 5.65 Å². The highest BCUT2D eigenvalue weighted by Crippen LogP contribution is 2.50. The molecule has 7 nitrogen and oxygen atoms in total. The van der Waals surface area contributed by atoms with Crippen molar-refractivity contribution in [2.75, 3.05) is 6.61 Å². The van der Waals surface area contributed by atoms with E-state index in [4.69, 9.17) is 16.3 Å². The molecule has 0 aliphatic heterocycles. The first-order valence-corrected chi connectivity index (χ1v) is 11.8. The van der Waals surface area contributed by atoms with E-state index >= 15 is 0 Å². The SMILES string of the molecule is CC1CC2(NC(=O)c3cnc4ccccn34)CCC1(NC(=O)COc1ccc(Cl)c(F)c1)CC2. The Bertz CT molecular complexity index is 1250. The lowest BCUT2D eigenvalue weighted by Crippen LogP contribution is -2.67. The average molecular weight is 485 g/mol. The molecule has 6 rings (SSSR count). The zero-order valence-electron chi connectivity index (χ0n) is 18.8. The van der Waals surface area contributed by atoms with Crippen LogP contribution in [-0.4, -0.2) is 38.9 Å². The minimum absolute atomic E-state index is 0.00548. The van der Waals surface area contributed by atoms with Gasteiger partial charge >= 0.3 is 0 Å². The standard InChI is InChI=1S/C25H26ClFN4O3/c1-16-13-24(30-23(33)20-14-28-21-4-2-3-11-31(20)21)7-9-25(16,10-8-24)29-22(32)15-34-17-5-6-18(26)19(27)12-17/h2-6,11-12,14,16H,7-10,13,15H2,1H3,(H,29,32)(H,30,33). The fraction of sp³-hybridized carbons (Fsp3) is 0.400. The van der Waals surface area contributed by atoms with E-state index in [2.05, 4.69) is 22.5 Å². The van der Waals surface area contributed by atoms with Gasteiger partial charge in [-0.05, 0) is 62.3 Å². The Balaban J connectivity index is 1.21. The molecule has 3 aliphatic carbocycles. The van der Waals surface area contributed by atoms with Crippen LogP contribution in [0.2, 0.25) is 5.02 Å². The number of rotatable bonds is 6. The Morgan fingerprint density at radius 3 is 2.74 bits per heavy atom. The number of hydrogen-bond acceptors (Lipinski definition) is 4. The number of hydrogen-bond donors (Lipinski definition) is 2. The highest BCUT2D eigenvalue weighted by molar-refractivity contribution is 6.30. The smallest absolute Gasteiger partial charge is 0.270 e. The number of benzene rings is 1. The molecule has 3 aromatic rings. The molecule has 2 aromatic heterocycles. The maximum atomic E-state index is 13.6. The normalized spacial score (nSPS) is 25.8. The zero-order valence-corrected chi connectivity index (χ0v) is 19.6. The molecule has 34 heavy (non-hydrogen) atoms. The van der Waals surface area contributed by atoms with Gasteiger partial charge < -0.3 is 15.4 Å². The molecule has 0 spiro atoms. The van der Waals surface area contributed by atoms with E-state index in [0.717, 1.165) is 37.8 Å². The van der Waals surface area contributed by atoms with Crippen LogP contribution in [0.1, 0.15) is 49.5 Å². The van der Waals surface area contributed by atoms with E-state index < -0.39 is 5.82 Å². The molecular formula is C25H26ClFN4O3. The Morgan fingerprint density at radius 2 is 2.00 bits per heavy atom. The number of imidazole rings is 1. The molecule has 3 aliphatic rings. The predicted molar refractivity (Wildman–Crippen MR) is 125 cm³/mol. The van der Waals surface area contributed by atoms with Crippen molar-refractivity contribution in [3.63, 3.8) is 0 Å². The Morgan fingerprint density at radius 1 is 1.21 bits per heavy atom.